The Morgan fingerprint density at radius 2 is 2.10 bits per heavy atom. The summed E-state index contributed by atoms with van der Waals surface area (Å²) >= 11 is 1.56. The predicted molar refractivity (Wildman–Crippen MR) is 83.3 cm³/mol. The number of anilines is 1. The summed E-state index contributed by atoms with van der Waals surface area (Å²) in [4.78, 5) is 13.0. The molecule has 106 valence electrons. The average molecular weight is 298 g/mol. The van der Waals surface area contributed by atoms with Crippen LogP contribution in [0.3, 0.4) is 0 Å². The summed E-state index contributed by atoms with van der Waals surface area (Å²) in [7, 11) is 0. The van der Waals surface area contributed by atoms with E-state index < -0.39 is 0 Å². The Labute approximate surface area is 126 Å². The molecule has 0 aliphatic rings. The van der Waals surface area contributed by atoms with Gasteiger partial charge in [-0.25, -0.2) is 0 Å². The first-order chi connectivity index (χ1) is 10.2. The van der Waals surface area contributed by atoms with Gasteiger partial charge >= 0.3 is 0 Å². The summed E-state index contributed by atoms with van der Waals surface area (Å²) in [5.74, 6) is 0.281. The van der Waals surface area contributed by atoms with Crippen LogP contribution < -0.4 is 5.32 Å². The van der Waals surface area contributed by atoms with E-state index in [-0.39, 0.29) is 5.91 Å². The zero-order valence-corrected chi connectivity index (χ0v) is 12.3. The number of carbonyl (C=O) groups excluding carboxylic acids is 1. The summed E-state index contributed by atoms with van der Waals surface area (Å²) in [6.07, 6.45) is 1.96. The van der Waals surface area contributed by atoms with E-state index in [9.17, 15) is 4.79 Å². The molecule has 0 unspecified atom stereocenters. The van der Waals surface area contributed by atoms with Gasteiger partial charge in [-0.2, -0.15) is 0 Å². The molecule has 3 rings (SSSR count). The number of aromatic nitrogens is 1. The largest absolute Gasteiger partial charge is 0.338 e. The second-order valence-electron chi connectivity index (χ2n) is 4.74. The third-order valence-electron chi connectivity index (χ3n) is 3.10. The maximum absolute atomic E-state index is 12.0. The number of amides is 1. The van der Waals surface area contributed by atoms with Crippen LogP contribution in [0.5, 0.6) is 0 Å². The Morgan fingerprint density at radius 1 is 1.29 bits per heavy atom. The Morgan fingerprint density at radius 3 is 2.81 bits per heavy atom. The van der Waals surface area contributed by atoms with Crippen LogP contribution in [0.15, 0.2) is 52.5 Å². The van der Waals surface area contributed by atoms with Gasteiger partial charge in [0.25, 0.3) is 0 Å². The van der Waals surface area contributed by atoms with Gasteiger partial charge in [0.15, 0.2) is 0 Å². The third kappa shape index (κ3) is 3.20. The van der Waals surface area contributed by atoms with E-state index in [1.54, 1.807) is 17.5 Å². The van der Waals surface area contributed by atoms with Crippen molar-refractivity contribution in [3.05, 3.63) is 58.4 Å². The first kappa shape index (κ1) is 13.6. The minimum absolute atomic E-state index is 0.109. The number of hydrogen-bond donors (Lipinski definition) is 1. The Balaban J connectivity index is 1.76. The lowest BCUT2D eigenvalue weighted by Crippen LogP contribution is -2.13. The highest BCUT2D eigenvalue weighted by atomic mass is 32.1. The molecule has 0 atom stereocenters. The number of rotatable bonds is 4. The van der Waals surface area contributed by atoms with Crippen LogP contribution in [-0.2, 0) is 11.2 Å². The van der Waals surface area contributed by atoms with Gasteiger partial charge in [0.1, 0.15) is 0 Å². The normalized spacial score (nSPS) is 10.5. The molecule has 0 aliphatic heterocycles. The van der Waals surface area contributed by atoms with E-state index in [4.69, 9.17) is 4.52 Å². The highest BCUT2D eigenvalue weighted by Crippen LogP contribution is 2.28. The van der Waals surface area contributed by atoms with Crippen LogP contribution in [-0.4, -0.2) is 11.1 Å². The first-order valence-electron chi connectivity index (χ1n) is 6.56. The van der Waals surface area contributed by atoms with Crippen molar-refractivity contribution >= 4 is 23.1 Å². The topological polar surface area (TPSA) is 55.1 Å². The van der Waals surface area contributed by atoms with Gasteiger partial charge in [-0.3, -0.25) is 10.1 Å². The van der Waals surface area contributed by atoms with Crippen LogP contribution in [0.25, 0.3) is 11.1 Å². The van der Waals surface area contributed by atoms with Crippen molar-refractivity contribution in [3.63, 3.8) is 0 Å². The molecule has 0 spiro atoms. The lowest BCUT2D eigenvalue weighted by atomic mass is 10.1. The Hall–Kier alpha value is -2.40. The fraction of sp³-hybridized carbons (Fsp3) is 0.125. The van der Waals surface area contributed by atoms with Crippen molar-refractivity contribution < 1.29 is 9.32 Å². The number of nitrogens with zero attached hydrogens (tertiary/aromatic N) is 1. The minimum atomic E-state index is -0.109. The minimum Gasteiger partial charge on any atom is -0.338 e. The summed E-state index contributed by atoms with van der Waals surface area (Å²) in [5.41, 5.74) is 2.93. The van der Waals surface area contributed by atoms with Gasteiger partial charge in [-0.1, -0.05) is 41.1 Å². The number of thiophene rings is 1. The molecule has 5 heteroatoms. The second-order valence-corrected chi connectivity index (χ2v) is 5.77. The second kappa shape index (κ2) is 5.93. The molecule has 3 aromatic rings. The molecule has 21 heavy (non-hydrogen) atoms. The predicted octanol–water partition coefficient (Wildman–Crippen LogP) is 3.89. The van der Waals surface area contributed by atoms with E-state index in [1.807, 2.05) is 48.7 Å². The van der Waals surface area contributed by atoms with E-state index >= 15 is 0 Å². The summed E-state index contributed by atoms with van der Waals surface area (Å²) in [5, 5.41) is 8.52. The lowest BCUT2D eigenvalue weighted by molar-refractivity contribution is -0.115. The van der Waals surface area contributed by atoms with Crippen molar-refractivity contribution in [1.29, 1.82) is 0 Å². The summed E-state index contributed by atoms with van der Waals surface area (Å²) in [6, 6.07) is 11.9. The van der Waals surface area contributed by atoms with Crippen molar-refractivity contribution in [2.75, 3.05) is 5.32 Å². The molecular formula is C16H14N2O2S. The first-order valence-corrected chi connectivity index (χ1v) is 7.44. The molecule has 4 nitrogen and oxygen atoms in total. The smallest absolute Gasteiger partial charge is 0.239 e. The molecule has 0 saturated carbocycles. The SMILES string of the molecule is Cc1ccc(-c2cnoc2NC(=O)Cc2cccs2)cc1. The van der Waals surface area contributed by atoms with Crippen molar-refractivity contribution in [1.82, 2.24) is 5.16 Å². The van der Waals surface area contributed by atoms with Crippen LogP contribution in [0, 0.1) is 6.92 Å². The molecule has 1 N–H and O–H groups in total. The quantitative estimate of drug-likeness (QED) is 0.795. The molecule has 2 heterocycles. The monoisotopic (exact) mass is 298 g/mol. The van der Waals surface area contributed by atoms with Crippen LogP contribution in [0.4, 0.5) is 5.88 Å². The highest BCUT2D eigenvalue weighted by Gasteiger charge is 2.14. The van der Waals surface area contributed by atoms with E-state index in [0.717, 1.165) is 16.0 Å². The standard InChI is InChI=1S/C16H14N2O2S/c1-11-4-6-12(7-5-11)14-10-17-20-16(14)18-15(19)9-13-3-2-8-21-13/h2-8,10H,9H2,1H3,(H,18,19). The van der Waals surface area contributed by atoms with Gasteiger partial charge in [-0.15, -0.1) is 11.3 Å². The van der Waals surface area contributed by atoms with Gasteiger partial charge in [0, 0.05) is 4.88 Å². The van der Waals surface area contributed by atoms with Gasteiger partial charge in [-0.05, 0) is 23.9 Å². The number of nitrogens with one attached hydrogen (secondary N) is 1. The Kier molecular flexibility index (Phi) is 3.83. The number of aryl methyl sites for hydroxylation is 1. The summed E-state index contributed by atoms with van der Waals surface area (Å²) in [6.45, 7) is 2.03. The lowest BCUT2D eigenvalue weighted by Gasteiger charge is -2.04. The zero-order valence-electron chi connectivity index (χ0n) is 11.5. The van der Waals surface area contributed by atoms with Crippen molar-refractivity contribution in [3.8, 4) is 11.1 Å². The van der Waals surface area contributed by atoms with Crippen molar-refractivity contribution in [2.24, 2.45) is 0 Å². The fourth-order valence-electron chi connectivity index (χ4n) is 2.01. The van der Waals surface area contributed by atoms with Crippen molar-refractivity contribution in [2.45, 2.75) is 13.3 Å². The van der Waals surface area contributed by atoms with Gasteiger partial charge < -0.3 is 4.52 Å². The molecule has 1 amide bonds. The number of benzene rings is 1. The van der Waals surface area contributed by atoms with Crippen LogP contribution in [0.2, 0.25) is 0 Å². The maximum atomic E-state index is 12.0. The molecule has 0 fully saturated rings. The van der Waals surface area contributed by atoms with Gasteiger partial charge in [0.2, 0.25) is 11.8 Å². The summed E-state index contributed by atoms with van der Waals surface area (Å²) < 4.78 is 5.16. The molecule has 0 aliphatic carbocycles. The number of carbonyl (C=O) groups is 1. The molecule has 0 saturated heterocycles. The maximum Gasteiger partial charge on any atom is 0.239 e. The third-order valence-corrected chi connectivity index (χ3v) is 3.98. The number of hydrogen-bond acceptors (Lipinski definition) is 4. The molecule has 2 aromatic heterocycles. The van der Waals surface area contributed by atoms with E-state index in [2.05, 4.69) is 10.5 Å². The Bertz CT molecular complexity index is 730. The molecular weight excluding hydrogens is 284 g/mol. The highest BCUT2D eigenvalue weighted by molar-refractivity contribution is 7.10. The molecule has 1 aromatic carbocycles. The van der Waals surface area contributed by atoms with Crippen LogP contribution in [0.1, 0.15) is 10.4 Å². The molecule has 0 radical (unpaired) electrons. The van der Waals surface area contributed by atoms with E-state index in [0.29, 0.717) is 12.3 Å². The zero-order chi connectivity index (χ0) is 14.7. The van der Waals surface area contributed by atoms with Crippen LogP contribution >= 0.6 is 11.3 Å². The van der Waals surface area contributed by atoms with E-state index in [1.165, 1.54) is 5.56 Å². The molecule has 0 bridgehead atoms. The average Bonchev–Trinajstić information content (AvgIpc) is 3.11. The van der Waals surface area contributed by atoms with Gasteiger partial charge in [0.05, 0.1) is 18.2 Å². The fourth-order valence-corrected chi connectivity index (χ4v) is 2.71.